The highest BCUT2D eigenvalue weighted by Gasteiger charge is 2.20. The first-order chi connectivity index (χ1) is 8.11. The maximum atomic E-state index is 9.97. The van der Waals surface area contributed by atoms with Crippen LogP contribution in [0.1, 0.15) is 52.4 Å². The number of aliphatic hydroxyl groups is 1. The van der Waals surface area contributed by atoms with Gasteiger partial charge in [0.05, 0.1) is 6.10 Å². The Balaban J connectivity index is 2.12. The molecular formula is C14H30N2O. The smallest absolute Gasteiger partial charge is 0.0693 e. The molecule has 0 bridgehead atoms. The molecule has 2 unspecified atom stereocenters. The predicted octanol–water partition coefficient (Wildman–Crippen LogP) is 2.00. The Morgan fingerprint density at radius 2 is 1.94 bits per heavy atom. The summed E-state index contributed by atoms with van der Waals surface area (Å²) in [5, 5.41) is 13.5. The van der Waals surface area contributed by atoms with Gasteiger partial charge in [-0.05, 0) is 53.2 Å². The van der Waals surface area contributed by atoms with E-state index in [0.717, 1.165) is 32.4 Å². The minimum absolute atomic E-state index is 0.125. The molecule has 1 aliphatic carbocycles. The third-order valence-electron chi connectivity index (χ3n) is 3.96. The highest BCUT2D eigenvalue weighted by Crippen LogP contribution is 2.17. The normalized spacial score (nSPS) is 26.5. The maximum absolute atomic E-state index is 9.97. The van der Waals surface area contributed by atoms with Gasteiger partial charge in [-0.2, -0.15) is 0 Å². The van der Waals surface area contributed by atoms with Crippen LogP contribution in [0.5, 0.6) is 0 Å². The van der Waals surface area contributed by atoms with Gasteiger partial charge in [-0.1, -0.05) is 19.3 Å². The van der Waals surface area contributed by atoms with Gasteiger partial charge in [0.15, 0.2) is 0 Å². The quantitative estimate of drug-likeness (QED) is 0.552. The minimum Gasteiger partial charge on any atom is -0.392 e. The Morgan fingerprint density at radius 3 is 2.65 bits per heavy atom. The van der Waals surface area contributed by atoms with Crippen LogP contribution in [0, 0.1) is 0 Å². The van der Waals surface area contributed by atoms with Crippen LogP contribution in [0.4, 0.5) is 0 Å². The van der Waals surface area contributed by atoms with Crippen molar-refractivity contribution in [3.05, 3.63) is 0 Å². The summed E-state index contributed by atoms with van der Waals surface area (Å²) in [6.45, 7) is 6.61. The van der Waals surface area contributed by atoms with E-state index >= 15 is 0 Å². The molecule has 0 aliphatic heterocycles. The fourth-order valence-corrected chi connectivity index (χ4v) is 2.40. The van der Waals surface area contributed by atoms with Gasteiger partial charge in [-0.3, -0.25) is 0 Å². The summed E-state index contributed by atoms with van der Waals surface area (Å²) < 4.78 is 0. The number of rotatable bonds is 6. The fourth-order valence-electron chi connectivity index (χ4n) is 2.40. The van der Waals surface area contributed by atoms with Gasteiger partial charge in [0.1, 0.15) is 0 Å². The van der Waals surface area contributed by atoms with E-state index in [4.69, 9.17) is 0 Å². The standard InChI is InChI=1S/C14H30N2O/c1-12(2)16(3)11-7-10-15-13-8-5-4-6-9-14(13)17/h12-15,17H,4-11H2,1-3H3. The molecule has 3 nitrogen and oxygen atoms in total. The number of nitrogens with zero attached hydrogens (tertiary/aromatic N) is 1. The van der Waals surface area contributed by atoms with Crippen LogP contribution in [-0.2, 0) is 0 Å². The maximum Gasteiger partial charge on any atom is 0.0693 e. The monoisotopic (exact) mass is 242 g/mol. The lowest BCUT2D eigenvalue weighted by Gasteiger charge is -2.24. The van der Waals surface area contributed by atoms with Gasteiger partial charge >= 0.3 is 0 Å². The van der Waals surface area contributed by atoms with Crippen molar-refractivity contribution >= 4 is 0 Å². The van der Waals surface area contributed by atoms with Crippen molar-refractivity contribution in [3.63, 3.8) is 0 Å². The van der Waals surface area contributed by atoms with Crippen LogP contribution in [0.25, 0.3) is 0 Å². The lowest BCUT2D eigenvalue weighted by Crippen LogP contribution is -2.40. The number of hydrogen-bond donors (Lipinski definition) is 2. The lowest BCUT2D eigenvalue weighted by molar-refractivity contribution is 0.119. The van der Waals surface area contributed by atoms with Crippen LogP contribution >= 0.6 is 0 Å². The van der Waals surface area contributed by atoms with E-state index in [1.807, 2.05) is 0 Å². The molecule has 2 atom stereocenters. The zero-order valence-electron chi connectivity index (χ0n) is 11.8. The first kappa shape index (κ1) is 14.9. The van der Waals surface area contributed by atoms with Gasteiger partial charge in [0.25, 0.3) is 0 Å². The van der Waals surface area contributed by atoms with Gasteiger partial charge in [-0.15, -0.1) is 0 Å². The van der Waals surface area contributed by atoms with E-state index in [1.54, 1.807) is 0 Å². The van der Waals surface area contributed by atoms with E-state index in [2.05, 4.69) is 31.1 Å². The molecule has 0 aromatic rings. The molecule has 2 N–H and O–H groups in total. The molecule has 17 heavy (non-hydrogen) atoms. The Labute approximate surface area is 107 Å². The SMILES string of the molecule is CC(C)N(C)CCCNC1CCCCCC1O. The van der Waals surface area contributed by atoms with Gasteiger partial charge in [0.2, 0.25) is 0 Å². The Bertz CT molecular complexity index is 197. The van der Waals surface area contributed by atoms with Crippen LogP contribution in [0.2, 0.25) is 0 Å². The summed E-state index contributed by atoms with van der Waals surface area (Å²) in [5.41, 5.74) is 0. The highest BCUT2D eigenvalue weighted by atomic mass is 16.3. The summed E-state index contributed by atoms with van der Waals surface area (Å²) in [7, 11) is 2.17. The van der Waals surface area contributed by atoms with E-state index in [0.29, 0.717) is 12.1 Å². The molecule has 102 valence electrons. The lowest BCUT2D eigenvalue weighted by atomic mass is 10.1. The molecule has 0 spiro atoms. The second kappa shape index (κ2) is 8.06. The van der Waals surface area contributed by atoms with Crippen LogP contribution in [-0.4, -0.2) is 48.3 Å². The summed E-state index contributed by atoms with van der Waals surface area (Å²) in [5.74, 6) is 0. The van der Waals surface area contributed by atoms with Gasteiger partial charge < -0.3 is 15.3 Å². The van der Waals surface area contributed by atoms with Gasteiger partial charge in [-0.25, -0.2) is 0 Å². The molecule has 1 rings (SSSR count). The average molecular weight is 242 g/mol. The number of aliphatic hydroxyl groups excluding tert-OH is 1. The second-order valence-electron chi connectivity index (χ2n) is 5.69. The predicted molar refractivity (Wildman–Crippen MR) is 73.3 cm³/mol. The first-order valence-corrected chi connectivity index (χ1v) is 7.23. The Hall–Kier alpha value is -0.120. The zero-order valence-corrected chi connectivity index (χ0v) is 11.8. The van der Waals surface area contributed by atoms with E-state index in [9.17, 15) is 5.11 Å². The molecule has 1 saturated carbocycles. The van der Waals surface area contributed by atoms with Crippen molar-refractivity contribution < 1.29 is 5.11 Å². The number of nitrogens with one attached hydrogen (secondary N) is 1. The molecule has 3 heteroatoms. The third-order valence-corrected chi connectivity index (χ3v) is 3.96. The van der Waals surface area contributed by atoms with E-state index in [-0.39, 0.29) is 6.10 Å². The summed E-state index contributed by atoms with van der Waals surface area (Å²) >= 11 is 0. The van der Waals surface area contributed by atoms with E-state index < -0.39 is 0 Å². The summed E-state index contributed by atoms with van der Waals surface area (Å²) in [4.78, 5) is 2.37. The van der Waals surface area contributed by atoms with Crippen molar-refractivity contribution in [2.75, 3.05) is 20.1 Å². The molecule has 0 radical (unpaired) electrons. The van der Waals surface area contributed by atoms with E-state index in [1.165, 1.54) is 19.3 Å². The van der Waals surface area contributed by atoms with Crippen molar-refractivity contribution in [1.29, 1.82) is 0 Å². The first-order valence-electron chi connectivity index (χ1n) is 7.23. The molecule has 0 heterocycles. The summed E-state index contributed by atoms with van der Waals surface area (Å²) in [6, 6.07) is 0.959. The van der Waals surface area contributed by atoms with Crippen molar-refractivity contribution in [2.45, 2.75) is 70.6 Å². The second-order valence-corrected chi connectivity index (χ2v) is 5.69. The van der Waals surface area contributed by atoms with Crippen molar-refractivity contribution in [3.8, 4) is 0 Å². The van der Waals surface area contributed by atoms with Crippen molar-refractivity contribution in [1.82, 2.24) is 10.2 Å². The zero-order chi connectivity index (χ0) is 12.7. The van der Waals surface area contributed by atoms with Gasteiger partial charge in [0, 0.05) is 12.1 Å². The molecule has 0 saturated heterocycles. The molecule has 1 aliphatic rings. The molecule has 0 aromatic carbocycles. The minimum atomic E-state index is -0.125. The molecular weight excluding hydrogens is 212 g/mol. The Morgan fingerprint density at radius 1 is 1.24 bits per heavy atom. The largest absolute Gasteiger partial charge is 0.392 e. The Kier molecular flexibility index (Phi) is 7.09. The number of hydrogen-bond acceptors (Lipinski definition) is 3. The topological polar surface area (TPSA) is 35.5 Å². The molecule has 0 aromatic heterocycles. The third kappa shape index (κ3) is 5.84. The van der Waals surface area contributed by atoms with Crippen LogP contribution < -0.4 is 5.32 Å². The fraction of sp³-hybridized carbons (Fsp3) is 1.00. The molecule has 1 fully saturated rings. The molecule has 0 amide bonds. The average Bonchev–Trinajstić information content (AvgIpc) is 2.49. The highest BCUT2D eigenvalue weighted by molar-refractivity contribution is 4.78. The van der Waals surface area contributed by atoms with Crippen LogP contribution in [0.15, 0.2) is 0 Å². The van der Waals surface area contributed by atoms with Crippen LogP contribution in [0.3, 0.4) is 0 Å². The van der Waals surface area contributed by atoms with Crippen molar-refractivity contribution in [2.24, 2.45) is 0 Å². The summed E-state index contributed by atoms with van der Waals surface area (Å²) in [6.07, 6.45) is 6.89.